The molecule has 2 N–H and O–H groups in total. The molecule has 5 nitrogen and oxygen atoms in total. The molecule has 1 aromatic carbocycles. The molecule has 96 valence electrons. The predicted molar refractivity (Wildman–Crippen MR) is 69.8 cm³/mol. The van der Waals surface area contributed by atoms with Crippen LogP contribution >= 0.6 is 0 Å². The Morgan fingerprint density at radius 1 is 1.33 bits per heavy atom. The number of ether oxygens (including phenoxy) is 2. The van der Waals surface area contributed by atoms with Crippen LogP contribution in [0, 0.1) is 0 Å². The number of hydrogen-bond donors (Lipinski definition) is 1. The van der Waals surface area contributed by atoms with Gasteiger partial charge in [-0.15, -0.1) is 0 Å². The summed E-state index contributed by atoms with van der Waals surface area (Å²) in [6.45, 7) is 0. The molecule has 0 aliphatic heterocycles. The van der Waals surface area contributed by atoms with Crippen LogP contribution in [0.4, 0.5) is 5.95 Å². The number of benzene rings is 1. The molecule has 0 saturated heterocycles. The topological polar surface area (TPSA) is 62.3 Å². The fourth-order valence-electron chi connectivity index (χ4n) is 2.55. The number of imidazole rings is 1. The first kappa shape index (κ1) is 11.3. The summed E-state index contributed by atoms with van der Waals surface area (Å²) < 4.78 is 12.6. The third-order valence-corrected chi connectivity index (χ3v) is 3.69. The van der Waals surface area contributed by atoms with E-state index in [4.69, 9.17) is 15.2 Å². The number of nitrogen functional groups attached to an aromatic ring is 1. The Bertz CT molecular complexity index is 573. The number of rotatable bonds is 3. The molecule has 1 aliphatic rings. The molecule has 1 saturated carbocycles. The number of methoxy groups -OCH3 is 2. The molecule has 0 unspecified atom stereocenters. The van der Waals surface area contributed by atoms with Crippen molar-refractivity contribution in [1.82, 2.24) is 9.55 Å². The molecule has 1 heterocycles. The molecule has 1 fully saturated rings. The molecule has 0 radical (unpaired) electrons. The van der Waals surface area contributed by atoms with E-state index in [1.807, 2.05) is 18.2 Å². The van der Waals surface area contributed by atoms with Crippen molar-refractivity contribution >= 4 is 17.0 Å². The highest BCUT2D eigenvalue weighted by Gasteiger charge is 2.32. The normalized spacial score (nSPS) is 23.0. The van der Waals surface area contributed by atoms with Crippen LogP contribution in [0.15, 0.2) is 18.2 Å². The summed E-state index contributed by atoms with van der Waals surface area (Å²) in [6, 6.07) is 6.26. The Balaban J connectivity index is 1.99. The SMILES string of the molecule is COc1ccc2c(c1)nc(N)n2C1CC(OC)C1. The van der Waals surface area contributed by atoms with Crippen molar-refractivity contribution in [3.05, 3.63) is 18.2 Å². The Morgan fingerprint density at radius 2 is 2.11 bits per heavy atom. The second-order valence-corrected chi connectivity index (χ2v) is 4.68. The highest BCUT2D eigenvalue weighted by molar-refractivity contribution is 5.80. The van der Waals surface area contributed by atoms with Crippen LogP contribution in [0.5, 0.6) is 5.75 Å². The minimum Gasteiger partial charge on any atom is -0.497 e. The lowest BCUT2D eigenvalue weighted by molar-refractivity contribution is 0.00798. The Kier molecular flexibility index (Phi) is 2.63. The zero-order valence-corrected chi connectivity index (χ0v) is 10.6. The van der Waals surface area contributed by atoms with Crippen LogP contribution in [0.25, 0.3) is 11.0 Å². The maximum absolute atomic E-state index is 6.01. The van der Waals surface area contributed by atoms with Gasteiger partial charge in [0.05, 0.1) is 24.2 Å². The van der Waals surface area contributed by atoms with Gasteiger partial charge in [-0.2, -0.15) is 0 Å². The third kappa shape index (κ3) is 1.62. The van der Waals surface area contributed by atoms with E-state index >= 15 is 0 Å². The summed E-state index contributed by atoms with van der Waals surface area (Å²) in [5.41, 5.74) is 7.96. The molecule has 1 aliphatic carbocycles. The Hall–Kier alpha value is -1.75. The quantitative estimate of drug-likeness (QED) is 0.900. The van der Waals surface area contributed by atoms with Gasteiger partial charge in [0.15, 0.2) is 0 Å². The van der Waals surface area contributed by atoms with Gasteiger partial charge in [0.25, 0.3) is 0 Å². The van der Waals surface area contributed by atoms with Crippen molar-refractivity contribution in [2.24, 2.45) is 0 Å². The lowest BCUT2D eigenvalue weighted by atomic mass is 9.89. The maximum atomic E-state index is 6.01. The third-order valence-electron chi connectivity index (χ3n) is 3.69. The summed E-state index contributed by atoms with van der Waals surface area (Å²) >= 11 is 0. The second-order valence-electron chi connectivity index (χ2n) is 4.68. The molecule has 1 aromatic heterocycles. The van der Waals surface area contributed by atoms with Crippen molar-refractivity contribution < 1.29 is 9.47 Å². The van der Waals surface area contributed by atoms with Crippen LogP contribution in [0.1, 0.15) is 18.9 Å². The van der Waals surface area contributed by atoms with E-state index in [0.29, 0.717) is 18.1 Å². The average Bonchev–Trinajstić information content (AvgIpc) is 2.64. The Morgan fingerprint density at radius 3 is 2.78 bits per heavy atom. The monoisotopic (exact) mass is 247 g/mol. The number of anilines is 1. The van der Waals surface area contributed by atoms with E-state index < -0.39 is 0 Å². The fourth-order valence-corrected chi connectivity index (χ4v) is 2.55. The lowest BCUT2D eigenvalue weighted by Gasteiger charge is -2.35. The number of nitrogens with two attached hydrogens (primary N) is 1. The number of fused-ring (bicyclic) bond motifs is 1. The molecular weight excluding hydrogens is 230 g/mol. The van der Waals surface area contributed by atoms with Crippen molar-refractivity contribution in [3.63, 3.8) is 0 Å². The maximum Gasteiger partial charge on any atom is 0.201 e. The average molecular weight is 247 g/mol. The van der Waals surface area contributed by atoms with Crippen LogP contribution in [-0.2, 0) is 4.74 Å². The number of hydrogen-bond acceptors (Lipinski definition) is 4. The minimum absolute atomic E-state index is 0.352. The molecule has 0 spiro atoms. The summed E-state index contributed by atoms with van der Waals surface area (Å²) in [5, 5.41) is 0. The highest BCUT2D eigenvalue weighted by Crippen LogP contribution is 2.38. The van der Waals surface area contributed by atoms with E-state index in [1.54, 1.807) is 14.2 Å². The summed E-state index contributed by atoms with van der Waals surface area (Å²) in [6.07, 6.45) is 2.35. The zero-order chi connectivity index (χ0) is 12.7. The van der Waals surface area contributed by atoms with Gasteiger partial charge in [-0.3, -0.25) is 0 Å². The van der Waals surface area contributed by atoms with Gasteiger partial charge in [0.1, 0.15) is 5.75 Å². The molecule has 0 bridgehead atoms. The lowest BCUT2D eigenvalue weighted by Crippen LogP contribution is -2.32. The van der Waals surface area contributed by atoms with Gasteiger partial charge >= 0.3 is 0 Å². The van der Waals surface area contributed by atoms with Crippen molar-refractivity contribution in [1.29, 1.82) is 0 Å². The Labute approximate surface area is 106 Å². The van der Waals surface area contributed by atoms with Gasteiger partial charge in [0.2, 0.25) is 5.95 Å². The van der Waals surface area contributed by atoms with E-state index in [9.17, 15) is 0 Å². The van der Waals surface area contributed by atoms with Crippen molar-refractivity contribution in [2.75, 3.05) is 20.0 Å². The first-order chi connectivity index (χ1) is 8.72. The predicted octanol–water partition coefficient (Wildman–Crippen LogP) is 1.98. The van der Waals surface area contributed by atoms with Gasteiger partial charge in [0, 0.05) is 19.2 Å². The number of nitrogens with zero attached hydrogens (tertiary/aromatic N) is 2. The smallest absolute Gasteiger partial charge is 0.201 e. The minimum atomic E-state index is 0.352. The van der Waals surface area contributed by atoms with Gasteiger partial charge in [-0.05, 0) is 25.0 Å². The van der Waals surface area contributed by atoms with Gasteiger partial charge < -0.3 is 19.8 Å². The van der Waals surface area contributed by atoms with Gasteiger partial charge in [-0.1, -0.05) is 0 Å². The molecule has 0 atom stereocenters. The standard InChI is InChI=1S/C13H17N3O2/c1-17-9-3-4-12-11(7-9)15-13(14)16(12)8-5-10(6-8)18-2/h3-4,7-8,10H,5-6H2,1-2H3,(H2,14,15). The van der Waals surface area contributed by atoms with Crippen LogP contribution in [-0.4, -0.2) is 29.9 Å². The van der Waals surface area contributed by atoms with E-state index in [0.717, 1.165) is 29.6 Å². The molecular formula is C13H17N3O2. The van der Waals surface area contributed by atoms with Crippen LogP contribution in [0.3, 0.4) is 0 Å². The molecule has 0 amide bonds. The fraction of sp³-hybridized carbons (Fsp3) is 0.462. The molecule has 3 rings (SSSR count). The van der Waals surface area contributed by atoms with E-state index in [-0.39, 0.29) is 0 Å². The summed E-state index contributed by atoms with van der Waals surface area (Å²) in [4.78, 5) is 4.40. The highest BCUT2D eigenvalue weighted by atomic mass is 16.5. The van der Waals surface area contributed by atoms with Crippen LogP contribution < -0.4 is 10.5 Å². The zero-order valence-electron chi connectivity index (χ0n) is 10.6. The van der Waals surface area contributed by atoms with E-state index in [2.05, 4.69) is 9.55 Å². The largest absolute Gasteiger partial charge is 0.497 e. The molecule has 2 aromatic rings. The molecule has 18 heavy (non-hydrogen) atoms. The summed E-state index contributed by atoms with van der Waals surface area (Å²) in [7, 11) is 3.40. The summed E-state index contributed by atoms with van der Waals surface area (Å²) in [5.74, 6) is 1.37. The van der Waals surface area contributed by atoms with Crippen LogP contribution in [0.2, 0.25) is 0 Å². The van der Waals surface area contributed by atoms with E-state index in [1.165, 1.54) is 0 Å². The molecule has 5 heteroatoms. The second kappa shape index (κ2) is 4.17. The van der Waals surface area contributed by atoms with Gasteiger partial charge in [-0.25, -0.2) is 4.98 Å². The van der Waals surface area contributed by atoms with Crippen molar-refractivity contribution in [3.8, 4) is 5.75 Å². The number of aromatic nitrogens is 2. The van der Waals surface area contributed by atoms with Crippen molar-refractivity contribution in [2.45, 2.75) is 25.0 Å². The first-order valence-electron chi connectivity index (χ1n) is 6.07. The first-order valence-corrected chi connectivity index (χ1v) is 6.07.